The second-order valence-electron chi connectivity index (χ2n) is 4.65. The highest BCUT2D eigenvalue weighted by molar-refractivity contribution is 5.97. The van der Waals surface area contributed by atoms with Crippen LogP contribution in [0.3, 0.4) is 0 Å². The van der Waals surface area contributed by atoms with Crippen LogP contribution in [0.1, 0.15) is 29.3 Å². The van der Waals surface area contributed by atoms with Crippen LogP contribution in [-0.2, 0) is 4.79 Å². The van der Waals surface area contributed by atoms with Gasteiger partial charge in [-0.2, -0.15) is 0 Å². The number of hydrogen-bond acceptors (Lipinski definition) is 1. The molecule has 90 valence electrons. The number of fused-ring (bicyclic) bond motifs is 1. The lowest BCUT2D eigenvalue weighted by Gasteiger charge is -2.11. The topological polar surface area (TPSA) is 44.9 Å². The molecule has 17 heavy (non-hydrogen) atoms. The first-order chi connectivity index (χ1) is 7.91. The Bertz CT molecular complexity index is 608. The van der Waals surface area contributed by atoms with E-state index in [-0.39, 0.29) is 5.91 Å². The van der Waals surface area contributed by atoms with Crippen molar-refractivity contribution in [3.63, 3.8) is 0 Å². The maximum atomic E-state index is 11.2. The van der Waals surface area contributed by atoms with Crippen molar-refractivity contribution in [3.05, 3.63) is 28.5 Å². The summed E-state index contributed by atoms with van der Waals surface area (Å²) in [5.74, 6) is -0.0353. The molecule has 1 heterocycles. The maximum Gasteiger partial charge on any atom is 0.221 e. The van der Waals surface area contributed by atoms with E-state index < -0.39 is 0 Å². The minimum absolute atomic E-state index is 0.0353. The van der Waals surface area contributed by atoms with E-state index in [0.717, 1.165) is 16.8 Å². The lowest BCUT2D eigenvalue weighted by atomic mass is 10.0. The summed E-state index contributed by atoms with van der Waals surface area (Å²) in [6, 6.07) is 2.01. The average Bonchev–Trinajstić information content (AvgIpc) is 2.50. The molecule has 0 unspecified atom stereocenters. The molecule has 2 aromatic rings. The van der Waals surface area contributed by atoms with Gasteiger partial charge in [-0.15, -0.1) is 0 Å². The highest BCUT2D eigenvalue weighted by atomic mass is 16.1. The Morgan fingerprint density at radius 1 is 1.12 bits per heavy atom. The van der Waals surface area contributed by atoms with Crippen molar-refractivity contribution in [2.75, 3.05) is 5.32 Å². The third-order valence-electron chi connectivity index (χ3n) is 3.47. The number of aryl methyl sites for hydroxylation is 3. The Hall–Kier alpha value is -1.77. The molecule has 0 aliphatic heterocycles. The number of nitrogens with one attached hydrogen (secondary N) is 2. The maximum absolute atomic E-state index is 11.2. The highest BCUT2D eigenvalue weighted by Gasteiger charge is 2.12. The minimum atomic E-state index is -0.0353. The molecule has 0 saturated heterocycles. The Labute approximate surface area is 101 Å². The van der Waals surface area contributed by atoms with Crippen molar-refractivity contribution in [1.29, 1.82) is 0 Å². The molecule has 0 fully saturated rings. The number of rotatable bonds is 1. The van der Waals surface area contributed by atoms with Gasteiger partial charge in [-0.05, 0) is 50.5 Å². The van der Waals surface area contributed by atoms with Gasteiger partial charge >= 0.3 is 0 Å². The second-order valence-corrected chi connectivity index (χ2v) is 4.65. The summed E-state index contributed by atoms with van der Waals surface area (Å²) in [6.07, 6.45) is 0. The van der Waals surface area contributed by atoms with Crippen LogP contribution in [-0.4, -0.2) is 10.9 Å². The first-order valence-corrected chi connectivity index (χ1v) is 5.78. The molecular formula is C14H18N2O. The van der Waals surface area contributed by atoms with Crippen LogP contribution in [0.25, 0.3) is 10.9 Å². The highest BCUT2D eigenvalue weighted by Crippen LogP contribution is 2.31. The normalized spacial score (nSPS) is 10.9. The van der Waals surface area contributed by atoms with Crippen molar-refractivity contribution in [3.8, 4) is 0 Å². The average molecular weight is 230 g/mol. The number of aromatic nitrogens is 1. The number of aromatic amines is 1. The van der Waals surface area contributed by atoms with Gasteiger partial charge in [-0.25, -0.2) is 0 Å². The van der Waals surface area contributed by atoms with Crippen molar-refractivity contribution in [2.45, 2.75) is 34.6 Å². The summed E-state index contributed by atoms with van der Waals surface area (Å²) in [7, 11) is 0. The lowest BCUT2D eigenvalue weighted by Crippen LogP contribution is -2.07. The molecule has 2 N–H and O–H groups in total. The number of hydrogen-bond donors (Lipinski definition) is 2. The van der Waals surface area contributed by atoms with Crippen molar-refractivity contribution in [2.24, 2.45) is 0 Å². The van der Waals surface area contributed by atoms with E-state index >= 15 is 0 Å². The Morgan fingerprint density at radius 3 is 2.35 bits per heavy atom. The molecule has 1 aromatic carbocycles. The molecule has 0 aliphatic carbocycles. The Kier molecular flexibility index (Phi) is 2.69. The van der Waals surface area contributed by atoms with Crippen molar-refractivity contribution in [1.82, 2.24) is 4.98 Å². The SMILES string of the molecule is CC(=O)Nc1cc2[nH]c(C)c(C)c2c(C)c1C. The number of anilines is 1. The molecule has 2 rings (SSSR count). The summed E-state index contributed by atoms with van der Waals surface area (Å²) in [5, 5.41) is 4.15. The largest absolute Gasteiger partial charge is 0.358 e. The van der Waals surface area contributed by atoms with Crippen LogP contribution in [0, 0.1) is 27.7 Å². The predicted molar refractivity (Wildman–Crippen MR) is 71.6 cm³/mol. The third kappa shape index (κ3) is 1.82. The number of carbonyl (C=O) groups is 1. The van der Waals surface area contributed by atoms with Gasteiger partial charge in [0.1, 0.15) is 0 Å². The quantitative estimate of drug-likeness (QED) is 0.775. The van der Waals surface area contributed by atoms with Crippen molar-refractivity contribution < 1.29 is 4.79 Å². The standard InChI is InChI=1S/C14H18N2O/c1-7-8(2)14-9(3)10(4)15-13(14)6-12(7)16-11(5)17/h6,15H,1-5H3,(H,16,17). The van der Waals surface area contributed by atoms with Gasteiger partial charge in [0.05, 0.1) is 0 Å². The zero-order valence-electron chi connectivity index (χ0n) is 11.0. The number of H-pyrrole nitrogens is 1. The molecule has 0 spiro atoms. The van der Waals surface area contributed by atoms with Crippen LogP contribution < -0.4 is 5.32 Å². The van der Waals surface area contributed by atoms with Gasteiger partial charge in [0.15, 0.2) is 0 Å². The van der Waals surface area contributed by atoms with Crippen LogP contribution >= 0.6 is 0 Å². The van der Waals surface area contributed by atoms with Crippen LogP contribution in [0.4, 0.5) is 5.69 Å². The predicted octanol–water partition coefficient (Wildman–Crippen LogP) is 3.36. The fraction of sp³-hybridized carbons (Fsp3) is 0.357. The minimum Gasteiger partial charge on any atom is -0.358 e. The zero-order valence-corrected chi connectivity index (χ0v) is 11.0. The summed E-state index contributed by atoms with van der Waals surface area (Å²) < 4.78 is 0. The van der Waals surface area contributed by atoms with E-state index in [0.29, 0.717) is 0 Å². The molecule has 0 bridgehead atoms. The van der Waals surface area contributed by atoms with Gasteiger partial charge < -0.3 is 10.3 Å². The first kappa shape index (κ1) is 11.7. The van der Waals surface area contributed by atoms with Gasteiger partial charge in [0.2, 0.25) is 5.91 Å². The van der Waals surface area contributed by atoms with Gasteiger partial charge in [-0.1, -0.05) is 0 Å². The summed E-state index contributed by atoms with van der Waals surface area (Å²) in [4.78, 5) is 14.5. The third-order valence-corrected chi connectivity index (χ3v) is 3.47. The van der Waals surface area contributed by atoms with E-state index in [2.05, 4.69) is 31.1 Å². The van der Waals surface area contributed by atoms with Crippen molar-refractivity contribution >= 4 is 22.5 Å². The fourth-order valence-corrected chi connectivity index (χ4v) is 2.30. The van der Waals surface area contributed by atoms with E-state index in [9.17, 15) is 4.79 Å². The molecule has 1 amide bonds. The second kappa shape index (κ2) is 3.91. The number of carbonyl (C=O) groups excluding carboxylic acids is 1. The van der Waals surface area contributed by atoms with Gasteiger partial charge in [-0.3, -0.25) is 4.79 Å². The van der Waals surface area contributed by atoms with Crippen LogP contribution in [0.2, 0.25) is 0 Å². The molecule has 0 atom stereocenters. The monoisotopic (exact) mass is 230 g/mol. The molecule has 0 aliphatic rings. The number of amides is 1. The van der Waals surface area contributed by atoms with Crippen LogP contribution in [0.15, 0.2) is 6.07 Å². The first-order valence-electron chi connectivity index (χ1n) is 5.78. The molecule has 0 saturated carbocycles. The van der Waals surface area contributed by atoms with Gasteiger partial charge in [0, 0.05) is 29.2 Å². The van der Waals surface area contributed by atoms with Crippen LogP contribution in [0.5, 0.6) is 0 Å². The molecule has 1 aromatic heterocycles. The number of benzene rings is 1. The fourth-order valence-electron chi connectivity index (χ4n) is 2.30. The Balaban J connectivity index is 2.75. The lowest BCUT2D eigenvalue weighted by molar-refractivity contribution is -0.114. The molecule has 3 nitrogen and oxygen atoms in total. The Morgan fingerprint density at radius 2 is 1.76 bits per heavy atom. The molecule has 3 heteroatoms. The van der Waals surface area contributed by atoms with E-state index in [1.165, 1.54) is 29.1 Å². The zero-order chi connectivity index (χ0) is 12.7. The summed E-state index contributed by atoms with van der Waals surface area (Å²) in [5.41, 5.74) is 6.82. The van der Waals surface area contributed by atoms with Gasteiger partial charge in [0.25, 0.3) is 0 Å². The smallest absolute Gasteiger partial charge is 0.221 e. The summed E-state index contributed by atoms with van der Waals surface area (Å²) >= 11 is 0. The van der Waals surface area contributed by atoms with E-state index in [1.54, 1.807) is 0 Å². The molecular weight excluding hydrogens is 212 g/mol. The summed E-state index contributed by atoms with van der Waals surface area (Å²) in [6.45, 7) is 9.87. The van der Waals surface area contributed by atoms with E-state index in [4.69, 9.17) is 0 Å². The van der Waals surface area contributed by atoms with E-state index in [1.807, 2.05) is 13.0 Å². The molecule has 0 radical (unpaired) electrons.